The summed E-state index contributed by atoms with van der Waals surface area (Å²) < 4.78 is 15.5. The standard InChI is InChI=1S/C22H22N4O2S2/c1-3-7-19-17(5-1)23-21(25(19)11-15-13-27-15)29-9-10-30-22-24-18-6-2-4-8-20(18)26(22)12-16-14-28-16/h1-8,15-16H,9-14H2/t15-,16-/m1/s1. The van der Waals surface area contributed by atoms with Crippen LogP contribution >= 0.6 is 23.5 Å². The molecule has 0 amide bonds. The molecule has 154 valence electrons. The van der Waals surface area contributed by atoms with E-state index in [1.54, 1.807) is 0 Å². The predicted octanol–water partition coefficient (Wildman–Crippen LogP) is 4.07. The van der Waals surface area contributed by atoms with Crippen LogP contribution in [0.5, 0.6) is 0 Å². The molecule has 2 aliphatic heterocycles. The maximum absolute atomic E-state index is 5.46. The quantitative estimate of drug-likeness (QED) is 0.223. The van der Waals surface area contributed by atoms with E-state index >= 15 is 0 Å². The second-order valence-electron chi connectivity index (χ2n) is 7.60. The third-order valence-corrected chi connectivity index (χ3v) is 7.58. The lowest BCUT2D eigenvalue weighted by molar-refractivity contribution is 0.379. The fourth-order valence-corrected chi connectivity index (χ4v) is 5.72. The Morgan fingerprint density at radius 1 is 0.733 bits per heavy atom. The molecule has 0 spiro atoms. The van der Waals surface area contributed by atoms with Crippen molar-refractivity contribution in [1.82, 2.24) is 19.1 Å². The van der Waals surface area contributed by atoms with Crippen molar-refractivity contribution in [3.05, 3.63) is 48.5 Å². The van der Waals surface area contributed by atoms with E-state index in [9.17, 15) is 0 Å². The van der Waals surface area contributed by atoms with E-state index < -0.39 is 0 Å². The second-order valence-corrected chi connectivity index (χ2v) is 9.72. The minimum atomic E-state index is 0.334. The molecule has 0 radical (unpaired) electrons. The molecule has 2 aliphatic rings. The summed E-state index contributed by atoms with van der Waals surface area (Å²) in [5.74, 6) is 1.95. The number of hydrogen-bond donors (Lipinski definition) is 0. The average Bonchev–Trinajstić information content (AvgIpc) is 3.69. The van der Waals surface area contributed by atoms with E-state index in [2.05, 4.69) is 45.5 Å². The number of imidazole rings is 2. The van der Waals surface area contributed by atoms with Crippen LogP contribution in [0.25, 0.3) is 22.1 Å². The molecule has 2 aromatic carbocycles. The Balaban J connectivity index is 1.16. The molecule has 0 aliphatic carbocycles. The van der Waals surface area contributed by atoms with Gasteiger partial charge in [0.25, 0.3) is 0 Å². The number of aromatic nitrogens is 4. The normalized spacial score (nSPS) is 20.3. The highest BCUT2D eigenvalue weighted by atomic mass is 32.2. The first-order valence-electron chi connectivity index (χ1n) is 10.2. The molecule has 2 fully saturated rings. The highest BCUT2D eigenvalue weighted by Gasteiger charge is 2.26. The van der Waals surface area contributed by atoms with Crippen LogP contribution in [-0.2, 0) is 22.6 Å². The molecule has 0 bridgehead atoms. The van der Waals surface area contributed by atoms with Gasteiger partial charge in [-0.05, 0) is 24.3 Å². The van der Waals surface area contributed by atoms with Gasteiger partial charge >= 0.3 is 0 Å². The predicted molar refractivity (Wildman–Crippen MR) is 120 cm³/mol. The van der Waals surface area contributed by atoms with Crippen molar-refractivity contribution in [2.45, 2.75) is 35.6 Å². The van der Waals surface area contributed by atoms with Crippen LogP contribution in [0.15, 0.2) is 58.8 Å². The van der Waals surface area contributed by atoms with Gasteiger partial charge in [0.2, 0.25) is 0 Å². The Bertz CT molecular complexity index is 1100. The van der Waals surface area contributed by atoms with Gasteiger partial charge in [-0.3, -0.25) is 0 Å². The molecule has 0 unspecified atom stereocenters. The van der Waals surface area contributed by atoms with E-state index in [1.807, 2.05) is 35.7 Å². The van der Waals surface area contributed by atoms with Crippen molar-refractivity contribution >= 4 is 45.6 Å². The Labute approximate surface area is 183 Å². The number of fused-ring (bicyclic) bond motifs is 2. The molecule has 2 aromatic heterocycles. The Hall–Kier alpha value is -2.00. The van der Waals surface area contributed by atoms with Gasteiger partial charge in [0.15, 0.2) is 10.3 Å². The molecule has 8 heteroatoms. The van der Waals surface area contributed by atoms with Crippen LogP contribution in [0.1, 0.15) is 0 Å². The summed E-state index contributed by atoms with van der Waals surface area (Å²) in [6, 6.07) is 16.7. The van der Waals surface area contributed by atoms with Crippen LogP contribution in [0.2, 0.25) is 0 Å². The molecule has 4 aromatic rings. The van der Waals surface area contributed by atoms with Crippen molar-refractivity contribution in [2.24, 2.45) is 0 Å². The summed E-state index contributed by atoms with van der Waals surface area (Å²) in [4.78, 5) is 9.72. The van der Waals surface area contributed by atoms with E-state index in [0.717, 1.165) is 59.2 Å². The van der Waals surface area contributed by atoms with Gasteiger partial charge in [-0.2, -0.15) is 0 Å². The van der Waals surface area contributed by atoms with Crippen molar-refractivity contribution in [1.29, 1.82) is 0 Å². The number of epoxide rings is 2. The fourth-order valence-electron chi connectivity index (χ4n) is 3.70. The van der Waals surface area contributed by atoms with E-state index in [4.69, 9.17) is 19.4 Å². The largest absolute Gasteiger partial charge is 0.371 e. The van der Waals surface area contributed by atoms with Gasteiger partial charge in [-0.15, -0.1) is 0 Å². The van der Waals surface area contributed by atoms with Crippen molar-refractivity contribution in [3.8, 4) is 0 Å². The van der Waals surface area contributed by atoms with Crippen molar-refractivity contribution in [3.63, 3.8) is 0 Å². The van der Waals surface area contributed by atoms with Crippen LogP contribution in [0.3, 0.4) is 0 Å². The molecular weight excluding hydrogens is 416 g/mol. The van der Waals surface area contributed by atoms with Crippen LogP contribution in [0.4, 0.5) is 0 Å². The molecule has 0 saturated carbocycles. The topological polar surface area (TPSA) is 60.7 Å². The lowest BCUT2D eigenvalue weighted by atomic mass is 10.3. The summed E-state index contributed by atoms with van der Waals surface area (Å²) in [7, 11) is 0. The fraction of sp³-hybridized carbons (Fsp3) is 0.364. The molecule has 6 rings (SSSR count). The zero-order valence-corrected chi connectivity index (χ0v) is 18.1. The molecule has 2 saturated heterocycles. The first kappa shape index (κ1) is 18.7. The van der Waals surface area contributed by atoms with Gasteiger partial charge in [-0.25, -0.2) is 9.97 Å². The smallest absolute Gasteiger partial charge is 0.169 e. The number of para-hydroxylation sites is 4. The van der Waals surface area contributed by atoms with Crippen molar-refractivity contribution < 1.29 is 9.47 Å². The van der Waals surface area contributed by atoms with Gasteiger partial charge < -0.3 is 18.6 Å². The molecular formula is C22H22N4O2S2. The molecule has 30 heavy (non-hydrogen) atoms. The Morgan fingerprint density at radius 2 is 1.17 bits per heavy atom. The number of ether oxygens (including phenoxy) is 2. The summed E-state index contributed by atoms with van der Waals surface area (Å²) >= 11 is 3.63. The van der Waals surface area contributed by atoms with Crippen molar-refractivity contribution in [2.75, 3.05) is 24.7 Å². The maximum Gasteiger partial charge on any atom is 0.169 e. The first-order chi connectivity index (χ1) is 14.8. The summed E-state index contributed by atoms with van der Waals surface area (Å²) in [5.41, 5.74) is 4.49. The average molecular weight is 439 g/mol. The van der Waals surface area contributed by atoms with Gasteiger partial charge in [0.05, 0.1) is 60.6 Å². The number of rotatable bonds is 9. The summed E-state index contributed by atoms with van der Waals surface area (Å²) in [6.45, 7) is 3.47. The number of benzene rings is 2. The Morgan fingerprint density at radius 3 is 1.60 bits per heavy atom. The minimum Gasteiger partial charge on any atom is -0.371 e. The van der Waals surface area contributed by atoms with Gasteiger partial charge in [0, 0.05) is 11.5 Å². The first-order valence-corrected chi connectivity index (χ1v) is 12.2. The second kappa shape index (κ2) is 7.92. The maximum atomic E-state index is 5.46. The van der Waals surface area contributed by atoms with E-state index in [0.29, 0.717) is 12.2 Å². The highest BCUT2D eigenvalue weighted by molar-refractivity contribution is 8.02. The molecule has 4 heterocycles. The third kappa shape index (κ3) is 3.85. The number of thioether (sulfide) groups is 2. The summed E-state index contributed by atoms with van der Waals surface area (Å²) in [6.07, 6.45) is 0.668. The van der Waals surface area contributed by atoms with Crippen LogP contribution in [-0.4, -0.2) is 56.0 Å². The summed E-state index contributed by atoms with van der Waals surface area (Å²) in [5, 5.41) is 2.15. The SMILES string of the molecule is c1ccc2c(c1)nc(SCCSc1nc3ccccc3n1C[C@@H]1CO1)n2C[C@@H]1CO1. The van der Waals surface area contributed by atoms with E-state index in [-0.39, 0.29) is 0 Å². The third-order valence-electron chi connectivity index (χ3n) is 5.36. The van der Waals surface area contributed by atoms with Gasteiger partial charge in [-0.1, -0.05) is 47.8 Å². The molecule has 2 atom stereocenters. The molecule has 6 nitrogen and oxygen atoms in total. The van der Waals surface area contributed by atoms with Gasteiger partial charge in [0.1, 0.15) is 0 Å². The monoisotopic (exact) mass is 438 g/mol. The highest BCUT2D eigenvalue weighted by Crippen LogP contribution is 2.30. The number of hydrogen-bond acceptors (Lipinski definition) is 6. The lowest BCUT2D eigenvalue weighted by Gasteiger charge is -2.08. The zero-order chi connectivity index (χ0) is 19.9. The van der Waals surface area contributed by atoms with E-state index in [1.165, 1.54) is 11.0 Å². The molecule has 0 N–H and O–H groups in total. The van der Waals surface area contributed by atoms with Crippen LogP contribution < -0.4 is 0 Å². The zero-order valence-electron chi connectivity index (χ0n) is 16.4. The Kier molecular flexibility index (Phi) is 4.95. The number of nitrogens with zero attached hydrogens (tertiary/aromatic N) is 4. The minimum absolute atomic E-state index is 0.334. The lowest BCUT2D eigenvalue weighted by Crippen LogP contribution is -2.06. The van der Waals surface area contributed by atoms with Crippen LogP contribution in [0, 0.1) is 0 Å².